The normalized spacial score (nSPS) is 13.1. The Labute approximate surface area is 223 Å². The molecule has 2 atom stereocenters. The molecule has 210 valence electrons. The molecular formula is C29H49N3O5. The monoisotopic (exact) mass is 519 g/mol. The van der Waals surface area contributed by atoms with E-state index in [1.54, 1.807) is 37.8 Å². The van der Waals surface area contributed by atoms with Gasteiger partial charge in [0.25, 0.3) is 0 Å². The van der Waals surface area contributed by atoms with Crippen LogP contribution in [0.5, 0.6) is 5.75 Å². The molecule has 8 heteroatoms. The van der Waals surface area contributed by atoms with Crippen LogP contribution < -0.4 is 10.6 Å². The number of unbranched alkanes of at least 4 members (excludes halogenated alkanes) is 4. The van der Waals surface area contributed by atoms with Crippen LogP contribution >= 0.6 is 0 Å². The van der Waals surface area contributed by atoms with Gasteiger partial charge in [-0.05, 0) is 63.6 Å². The van der Waals surface area contributed by atoms with Crippen molar-refractivity contribution in [2.24, 2.45) is 5.92 Å². The molecule has 0 bridgehead atoms. The number of benzene rings is 1. The molecule has 0 saturated heterocycles. The van der Waals surface area contributed by atoms with Crippen molar-refractivity contribution in [3.63, 3.8) is 0 Å². The number of hydrogen-bond acceptors (Lipinski definition) is 5. The topological polar surface area (TPSA) is 108 Å². The maximum absolute atomic E-state index is 14.1. The van der Waals surface area contributed by atoms with Crippen molar-refractivity contribution >= 4 is 17.9 Å². The third-order valence-electron chi connectivity index (χ3n) is 5.83. The first-order chi connectivity index (χ1) is 17.4. The van der Waals surface area contributed by atoms with Crippen molar-refractivity contribution < 1.29 is 24.2 Å². The zero-order chi connectivity index (χ0) is 28.0. The lowest BCUT2D eigenvalue weighted by molar-refractivity contribution is -0.143. The van der Waals surface area contributed by atoms with Crippen LogP contribution in [0.4, 0.5) is 4.79 Å². The number of nitrogens with zero attached hydrogens (tertiary/aromatic N) is 1. The highest BCUT2D eigenvalue weighted by Crippen LogP contribution is 2.26. The van der Waals surface area contributed by atoms with Gasteiger partial charge in [0.2, 0.25) is 11.8 Å². The van der Waals surface area contributed by atoms with Gasteiger partial charge in [0.1, 0.15) is 23.4 Å². The highest BCUT2D eigenvalue weighted by molar-refractivity contribution is 5.92. The van der Waals surface area contributed by atoms with Gasteiger partial charge < -0.3 is 25.4 Å². The number of hydrogen-bond donors (Lipinski definition) is 3. The number of aromatic hydroxyl groups is 1. The number of ether oxygens (including phenoxy) is 1. The average Bonchev–Trinajstić information content (AvgIpc) is 2.80. The number of phenols is 1. The predicted molar refractivity (Wildman–Crippen MR) is 147 cm³/mol. The van der Waals surface area contributed by atoms with E-state index in [4.69, 9.17) is 4.74 Å². The quantitative estimate of drug-likeness (QED) is 0.258. The molecule has 0 heterocycles. The van der Waals surface area contributed by atoms with Gasteiger partial charge >= 0.3 is 6.09 Å². The minimum absolute atomic E-state index is 0.0824. The summed E-state index contributed by atoms with van der Waals surface area (Å²) in [6.45, 7) is 14.3. The van der Waals surface area contributed by atoms with E-state index < -0.39 is 23.8 Å². The second kappa shape index (κ2) is 16.2. The minimum Gasteiger partial charge on any atom is -0.508 e. The van der Waals surface area contributed by atoms with Crippen molar-refractivity contribution in [3.8, 4) is 5.75 Å². The molecule has 0 saturated carbocycles. The molecular weight excluding hydrogens is 470 g/mol. The number of rotatable bonds is 15. The molecule has 0 spiro atoms. The molecule has 3 amide bonds. The molecule has 0 aliphatic carbocycles. The highest BCUT2D eigenvalue weighted by Gasteiger charge is 2.36. The van der Waals surface area contributed by atoms with Gasteiger partial charge in [-0.1, -0.05) is 65.5 Å². The lowest BCUT2D eigenvalue weighted by atomic mass is 9.98. The summed E-state index contributed by atoms with van der Waals surface area (Å²) < 4.78 is 5.43. The van der Waals surface area contributed by atoms with Crippen molar-refractivity contribution in [1.82, 2.24) is 15.5 Å². The maximum atomic E-state index is 14.1. The summed E-state index contributed by atoms with van der Waals surface area (Å²) in [5, 5.41) is 15.6. The summed E-state index contributed by atoms with van der Waals surface area (Å²) in [6, 6.07) is 4.65. The predicted octanol–water partition coefficient (Wildman–Crippen LogP) is 5.70. The van der Waals surface area contributed by atoms with Crippen molar-refractivity contribution in [3.05, 3.63) is 29.8 Å². The lowest BCUT2D eigenvalue weighted by Crippen LogP contribution is -2.53. The van der Waals surface area contributed by atoms with E-state index in [9.17, 15) is 19.5 Å². The van der Waals surface area contributed by atoms with Gasteiger partial charge in [-0.3, -0.25) is 9.59 Å². The number of phenolic OH excluding ortho intramolecular Hbond substituents is 1. The van der Waals surface area contributed by atoms with Gasteiger partial charge in [-0.15, -0.1) is 0 Å². The molecule has 8 nitrogen and oxygen atoms in total. The molecule has 2 unspecified atom stereocenters. The molecule has 1 rings (SSSR count). The summed E-state index contributed by atoms with van der Waals surface area (Å²) in [6.07, 6.45) is 5.21. The summed E-state index contributed by atoms with van der Waals surface area (Å²) in [5.74, 6) is -0.389. The lowest BCUT2D eigenvalue weighted by Gasteiger charge is -2.35. The van der Waals surface area contributed by atoms with Crippen molar-refractivity contribution in [2.45, 2.75) is 111 Å². The Morgan fingerprint density at radius 2 is 1.57 bits per heavy atom. The standard InChI is InChI=1S/C29H49N3O5/c1-8-10-12-18-30-26(34)25(22-14-16-23(33)17-15-22)32(19-13-11-9-2)27(35)24(20-21(3)4)31-28(36)37-29(5,6)7/h14-17,21,24-25,33H,8-13,18-20H2,1-7H3,(H,30,34)(H,31,36). The van der Waals surface area contributed by atoms with Crippen LogP contribution in [0.1, 0.15) is 105 Å². The minimum atomic E-state index is -0.887. The maximum Gasteiger partial charge on any atom is 0.408 e. The number of carbonyl (C=O) groups excluding carboxylic acids is 3. The highest BCUT2D eigenvalue weighted by atomic mass is 16.6. The van der Waals surface area contributed by atoms with Gasteiger partial charge in [-0.25, -0.2) is 4.79 Å². The van der Waals surface area contributed by atoms with Crippen LogP contribution in [-0.2, 0) is 14.3 Å². The van der Waals surface area contributed by atoms with E-state index in [-0.39, 0.29) is 23.5 Å². The van der Waals surface area contributed by atoms with E-state index in [1.165, 1.54) is 12.1 Å². The fourth-order valence-electron chi connectivity index (χ4n) is 4.05. The Bertz CT molecular complexity index is 833. The van der Waals surface area contributed by atoms with E-state index in [1.807, 2.05) is 13.8 Å². The molecule has 1 aromatic carbocycles. The smallest absolute Gasteiger partial charge is 0.408 e. The van der Waals surface area contributed by atoms with Crippen LogP contribution in [0, 0.1) is 5.92 Å². The van der Waals surface area contributed by atoms with Crippen LogP contribution in [-0.4, -0.2) is 52.6 Å². The molecule has 37 heavy (non-hydrogen) atoms. The Kier molecular flexibility index (Phi) is 14.1. The SMILES string of the molecule is CCCCCNC(=O)C(c1ccc(O)cc1)N(CCCCC)C(=O)C(CC(C)C)NC(=O)OC(C)(C)C. The summed E-state index contributed by atoms with van der Waals surface area (Å²) in [7, 11) is 0. The van der Waals surface area contributed by atoms with Crippen LogP contribution in [0.15, 0.2) is 24.3 Å². The van der Waals surface area contributed by atoms with E-state index in [2.05, 4.69) is 24.5 Å². The van der Waals surface area contributed by atoms with Gasteiger partial charge in [0, 0.05) is 13.1 Å². The fourth-order valence-corrected chi connectivity index (χ4v) is 4.05. The first kappa shape index (κ1) is 32.3. The summed E-state index contributed by atoms with van der Waals surface area (Å²) >= 11 is 0. The van der Waals surface area contributed by atoms with Gasteiger partial charge in [-0.2, -0.15) is 0 Å². The summed E-state index contributed by atoms with van der Waals surface area (Å²) in [4.78, 5) is 41.8. The largest absolute Gasteiger partial charge is 0.508 e. The number of alkyl carbamates (subject to hydrolysis) is 1. The van der Waals surface area contributed by atoms with Crippen LogP contribution in [0.25, 0.3) is 0 Å². The number of carbonyl (C=O) groups is 3. The molecule has 0 aliphatic rings. The van der Waals surface area contributed by atoms with E-state index >= 15 is 0 Å². The number of amides is 3. The van der Waals surface area contributed by atoms with E-state index in [0.717, 1.165) is 38.5 Å². The second-order valence-corrected chi connectivity index (χ2v) is 11.1. The Hall–Kier alpha value is -2.77. The molecule has 0 aliphatic heterocycles. The molecule has 0 radical (unpaired) electrons. The number of nitrogens with one attached hydrogen (secondary N) is 2. The zero-order valence-corrected chi connectivity index (χ0v) is 23.9. The van der Waals surface area contributed by atoms with E-state index in [0.29, 0.717) is 25.1 Å². The molecule has 1 aromatic rings. The summed E-state index contributed by atoms with van der Waals surface area (Å²) in [5.41, 5.74) is -0.0975. The third-order valence-corrected chi connectivity index (χ3v) is 5.83. The van der Waals surface area contributed by atoms with Crippen molar-refractivity contribution in [2.75, 3.05) is 13.1 Å². The molecule has 0 fully saturated rings. The van der Waals surface area contributed by atoms with Gasteiger partial charge in [0.15, 0.2) is 0 Å². The van der Waals surface area contributed by atoms with Crippen LogP contribution in [0.2, 0.25) is 0 Å². The molecule has 0 aromatic heterocycles. The third kappa shape index (κ3) is 12.3. The average molecular weight is 520 g/mol. The van der Waals surface area contributed by atoms with Crippen LogP contribution in [0.3, 0.4) is 0 Å². The fraction of sp³-hybridized carbons (Fsp3) is 0.690. The van der Waals surface area contributed by atoms with Gasteiger partial charge in [0.05, 0.1) is 0 Å². The Morgan fingerprint density at radius 3 is 2.11 bits per heavy atom. The first-order valence-corrected chi connectivity index (χ1v) is 13.8. The molecule has 3 N–H and O–H groups in total. The second-order valence-electron chi connectivity index (χ2n) is 11.1. The Morgan fingerprint density at radius 1 is 0.973 bits per heavy atom. The Balaban J connectivity index is 3.39. The zero-order valence-electron chi connectivity index (χ0n) is 23.9. The first-order valence-electron chi connectivity index (χ1n) is 13.8. The van der Waals surface area contributed by atoms with Crippen molar-refractivity contribution in [1.29, 1.82) is 0 Å².